The van der Waals surface area contributed by atoms with Gasteiger partial charge in [0.15, 0.2) is 0 Å². The largest absolute Gasteiger partial charge is 0.330 e. The molecule has 0 aliphatic carbocycles. The Bertz CT molecular complexity index is 383. The number of imidazole rings is 1. The van der Waals surface area contributed by atoms with Crippen LogP contribution in [-0.2, 0) is 0 Å². The average Bonchev–Trinajstić information content (AvgIpc) is 2.80. The Balaban J connectivity index is 2.28. The van der Waals surface area contributed by atoms with Crippen molar-refractivity contribution in [3.05, 3.63) is 54.6 Å². The Morgan fingerprint density at radius 2 is 2.07 bits per heavy atom. The second kappa shape index (κ2) is 4.99. The molecule has 0 radical (unpaired) electrons. The van der Waals surface area contributed by atoms with Crippen molar-refractivity contribution in [2.45, 2.75) is 12.5 Å². The summed E-state index contributed by atoms with van der Waals surface area (Å²) in [6.07, 6.45) is 6.53. The van der Waals surface area contributed by atoms with E-state index in [1.807, 2.05) is 30.7 Å². The average molecular weight is 221 g/mol. The van der Waals surface area contributed by atoms with E-state index in [1.54, 1.807) is 6.20 Å². The van der Waals surface area contributed by atoms with Crippen molar-refractivity contribution in [3.63, 3.8) is 0 Å². The summed E-state index contributed by atoms with van der Waals surface area (Å²) in [6, 6.07) is 10.7. The monoisotopic (exact) mass is 220 g/mol. The lowest BCUT2D eigenvalue weighted by molar-refractivity contribution is 0.569. The molecule has 2 aromatic rings. The predicted octanol–water partition coefficient (Wildman–Crippen LogP) is 3.10. The van der Waals surface area contributed by atoms with Gasteiger partial charge in [0.1, 0.15) is 0 Å². The van der Waals surface area contributed by atoms with Crippen LogP contribution in [0.2, 0.25) is 0 Å². The highest BCUT2D eigenvalue weighted by Gasteiger charge is 2.11. The molecule has 0 N–H and O–H groups in total. The van der Waals surface area contributed by atoms with Crippen LogP contribution in [0.3, 0.4) is 0 Å². The number of rotatable bonds is 4. The van der Waals surface area contributed by atoms with Crippen LogP contribution >= 0.6 is 11.6 Å². The van der Waals surface area contributed by atoms with E-state index in [1.165, 1.54) is 5.56 Å². The van der Waals surface area contributed by atoms with Crippen molar-refractivity contribution >= 4 is 11.6 Å². The quantitative estimate of drug-likeness (QED) is 0.724. The molecule has 0 aliphatic heterocycles. The van der Waals surface area contributed by atoms with Crippen molar-refractivity contribution in [3.8, 4) is 0 Å². The molecule has 78 valence electrons. The highest BCUT2D eigenvalue weighted by molar-refractivity contribution is 6.17. The number of hydrogen-bond donors (Lipinski definition) is 0. The van der Waals surface area contributed by atoms with Crippen LogP contribution in [0.1, 0.15) is 18.0 Å². The molecule has 0 aliphatic rings. The summed E-state index contributed by atoms with van der Waals surface area (Å²) in [7, 11) is 0. The van der Waals surface area contributed by atoms with Crippen LogP contribution in [0.5, 0.6) is 0 Å². The van der Waals surface area contributed by atoms with Gasteiger partial charge in [0.05, 0.1) is 12.4 Å². The van der Waals surface area contributed by atoms with Crippen LogP contribution in [0.25, 0.3) is 0 Å². The third kappa shape index (κ3) is 2.39. The lowest BCUT2D eigenvalue weighted by atomic mass is 10.0. The maximum atomic E-state index is 5.83. The van der Waals surface area contributed by atoms with E-state index < -0.39 is 0 Å². The predicted molar refractivity (Wildman–Crippen MR) is 62.1 cm³/mol. The third-order valence-corrected chi connectivity index (χ3v) is 2.67. The maximum Gasteiger partial charge on any atom is 0.0951 e. The summed E-state index contributed by atoms with van der Waals surface area (Å²) in [5.74, 6) is 0.651. The highest BCUT2D eigenvalue weighted by atomic mass is 35.5. The molecule has 1 aromatic carbocycles. The van der Waals surface area contributed by atoms with Gasteiger partial charge in [0.2, 0.25) is 0 Å². The van der Waals surface area contributed by atoms with Gasteiger partial charge in [-0.2, -0.15) is 0 Å². The van der Waals surface area contributed by atoms with E-state index in [2.05, 4.69) is 21.7 Å². The van der Waals surface area contributed by atoms with Gasteiger partial charge in [-0.15, -0.1) is 11.6 Å². The van der Waals surface area contributed by atoms with Gasteiger partial charge in [-0.3, -0.25) is 0 Å². The van der Waals surface area contributed by atoms with Gasteiger partial charge in [-0.25, -0.2) is 4.98 Å². The number of benzene rings is 1. The fourth-order valence-electron chi connectivity index (χ4n) is 1.72. The van der Waals surface area contributed by atoms with E-state index >= 15 is 0 Å². The van der Waals surface area contributed by atoms with E-state index in [-0.39, 0.29) is 0 Å². The Morgan fingerprint density at radius 3 is 2.67 bits per heavy atom. The second-order valence-corrected chi connectivity index (χ2v) is 3.79. The first-order valence-electron chi connectivity index (χ1n) is 5.00. The number of nitrogens with zero attached hydrogens (tertiary/aromatic N) is 2. The lowest BCUT2D eigenvalue weighted by Gasteiger charge is -2.17. The van der Waals surface area contributed by atoms with E-state index in [0.29, 0.717) is 11.9 Å². The molecule has 1 unspecified atom stereocenters. The molecule has 1 atom stereocenters. The molecule has 2 rings (SSSR count). The van der Waals surface area contributed by atoms with Crippen LogP contribution in [0, 0.1) is 0 Å². The molecule has 3 heteroatoms. The third-order valence-electron chi connectivity index (χ3n) is 2.45. The number of hydrogen-bond acceptors (Lipinski definition) is 1. The lowest BCUT2D eigenvalue weighted by Crippen LogP contribution is -2.09. The minimum absolute atomic E-state index is 0.297. The summed E-state index contributed by atoms with van der Waals surface area (Å²) in [4.78, 5) is 4.07. The maximum absolute atomic E-state index is 5.83. The number of aromatic nitrogens is 2. The van der Waals surface area contributed by atoms with Gasteiger partial charge >= 0.3 is 0 Å². The van der Waals surface area contributed by atoms with Crippen LogP contribution < -0.4 is 0 Å². The molecule has 0 saturated heterocycles. The van der Waals surface area contributed by atoms with Crippen LogP contribution in [-0.4, -0.2) is 15.4 Å². The Kier molecular flexibility index (Phi) is 3.41. The van der Waals surface area contributed by atoms with Crippen molar-refractivity contribution in [2.24, 2.45) is 0 Å². The zero-order chi connectivity index (χ0) is 10.5. The van der Waals surface area contributed by atoms with E-state index in [0.717, 1.165) is 6.42 Å². The minimum atomic E-state index is 0.297. The first-order chi connectivity index (χ1) is 7.42. The van der Waals surface area contributed by atoms with Gasteiger partial charge in [0.25, 0.3) is 0 Å². The minimum Gasteiger partial charge on any atom is -0.330 e. The summed E-state index contributed by atoms with van der Waals surface area (Å²) in [5.41, 5.74) is 1.27. The molecule has 0 saturated carbocycles. The Morgan fingerprint density at radius 1 is 1.27 bits per heavy atom. The van der Waals surface area contributed by atoms with Gasteiger partial charge in [-0.05, 0) is 12.0 Å². The molecule has 2 nitrogen and oxygen atoms in total. The molecule has 0 spiro atoms. The fourth-order valence-corrected chi connectivity index (χ4v) is 1.93. The highest BCUT2D eigenvalue weighted by Crippen LogP contribution is 2.21. The molecule has 15 heavy (non-hydrogen) atoms. The Labute approximate surface area is 94.5 Å². The van der Waals surface area contributed by atoms with Crippen LogP contribution in [0.15, 0.2) is 49.1 Å². The zero-order valence-electron chi connectivity index (χ0n) is 8.38. The van der Waals surface area contributed by atoms with Crippen molar-refractivity contribution in [1.82, 2.24) is 9.55 Å². The first-order valence-corrected chi connectivity index (χ1v) is 5.53. The van der Waals surface area contributed by atoms with E-state index in [4.69, 9.17) is 11.6 Å². The van der Waals surface area contributed by atoms with Crippen LogP contribution in [0.4, 0.5) is 0 Å². The van der Waals surface area contributed by atoms with Crippen molar-refractivity contribution in [1.29, 1.82) is 0 Å². The molecule has 1 aromatic heterocycles. The summed E-state index contributed by atoms with van der Waals surface area (Å²) in [5, 5.41) is 0. The van der Waals surface area contributed by atoms with Gasteiger partial charge in [0, 0.05) is 18.3 Å². The Hall–Kier alpha value is -1.28. The second-order valence-electron chi connectivity index (χ2n) is 3.41. The number of halogens is 1. The number of alkyl halides is 1. The molecule has 0 fully saturated rings. The van der Waals surface area contributed by atoms with Crippen molar-refractivity contribution in [2.75, 3.05) is 5.88 Å². The van der Waals surface area contributed by atoms with Gasteiger partial charge in [-0.1, -0.05) is 30.3 Å². The zero-order valence-corrected chi connectivity index (χ0v) is 9.14. The summed E-state index contributed by atoms with van der Waals surface area (Å²) < 4.78 is 2.09. The molecular formula is C12H13ClN2. The topological polar surface area (TPSA) is 17.8 Å². The van der Waals surface area contributed by atoms with E-state index in [9.17, 15) is 0 Å². The molecule has 1 heterocycles. The SMILES string of the molecule is ClCCC(c1ccccc1)n1ccnc1. The first kappa shape index (κ1) is 10.2. The normalized spacial score (nSPS) is 12.6. The molecule has 0 bridgehead atoms. The summed E-state index contributed by atoms with van der Waals surface area (Å²) >= 11 is 5.83. The molecular weight excluding hydrogens is 208 g/mol. The van der Waals surface area contributed by atoms with Crippen molar-refractivity contribution < 1.29 is 0 Å². The molecule has 0 amide bonds. The smallest absolute Gasteiger partial charge is 0.0951 e. The standard InChI is InChI=1S/C12H13ClN2/c13-7-6-12(15-9-8-14-10-15)11-4-2-1-3-5-11/h1-5,8-10,12H,6-7H2. The fraction of sp³-hybridized carbons (Fsp3) is 0.250. The summed E-state index contributed by atoms with van der Waals surface area (Å²) in [6.45, 7) is 0. The van der Waals surface area contributed by atoms with Gasteiger partial charge < -0.3 is 4.57 Å².